The molecule has 0 saturated carbocycles. The second kappa shape index (κ2) is 17.0. The van der Waals surface area contributed by atoms with E-state index in [1.54, 1.807) is 0 Å². The zero-order chi connectivity index (χ0) is 14.9. The summed E-state index contributed by atoms with van der Waals surface area (Å²) in [5.41, 5.74) is 0. The highest BCUT2D eigenvalue weighted by Gasteiger charge is 1.99. The quantitative estimate of drug-likeness (QED) is 0.320. The van der Waals surface area contributed by atoms with E-state index in [0.29, 0.717) is 0 Å². The van der Waals surface area contributed by atoms with E-state index >= 15 is 0 Å². The standard InChI is InChI=1S/C19H41N/c1-4-6-8-9-10-11-12-13-14-16-18-20-19(3)17-15-7-5-2/h19-20H,4-18H2,1-3H3. The molecule has 1 heteroatoms. The van der Waals surface area contributed by atoms with Crippen LogP contribution in [0.4, 0.5) is 0 Å². The molecule has 0 aromatic heterocycles. The number of unbranched alkanes of at least 4 members (excludes halogenated alkanes) is 11. The molecule has 122 valence electrons. The molecule has 0 amide bonds. The summed E-state index contributed by atoms with van der Waals surface area (Å²) in [6, 6.07) is 0.722. The Hall–Kier alpha value is -0.0400. The molecule has 0 rings (SSSR count). The summed E-state index contributed by atoms with van der Waals surface area (Å²) < 4.78 is 0. The van der Waals surface area contributed by atoms with E-state index in [2.05, 4.69) is 26.1 Å². The molecule has 1 unspecified atom stereocenters. The van der Waals surface area contributed by atoms with Crippen LogP contribution >= 0.6 is 0 Å². The molecule has 20 heavy (non-hydrogen) atoms. The molecule has 0 aromatic carbocycles. The van der Waals surface area contributed by atoms with E-state index in [-0.39, 0.29) is 0 Å². The summed E-state index contributed by atoms with van der Waals surface area (Å²) in [5, 5.41) is 3.67. The maximum absolute atomic E-state index is 3.67. The number of hydrogen-bond donors (Lipinski definition) is 1. The largest absolute Gasteiger partial charge is 0.314 e. The fourth-order valence-electron chi connectivity index (χ4n) is 2.76. The molecule has 1 nitrogen and oxygen atoms in total. The molecule has 0 aliphatic rings. The maximum Gasteiger partial charge on any atom is 0.00387 e. The van der Waals surface area contributed by atoms with Crippen LogP contribution in [0, 0.1) is 0 Å². The normalized spacial score (nSPS) is 12.8. The Morgan fingerprint density at radius 1 is 0.600 bits per heavy atom. The van der Waals surface area contributed by atoms with Gasteiger partial charge < -0.3 is 5.32 Å². The van der Waals surface area contributed by atoms with Crippen molar-refractivity contribution in [2.75, 3.05) is 6.54 Å². The fourth-order valence-corrected chi connectivity index (χ4v) is 2.76. The fraction of sp³-hybridized carbons (Fsp3) is 1.00. The predicted molar refractivity (Wildman–Crippen MR) is 93.5 cm³/mol. The number of nitrogens with one attached hydrogen (secondary N) is 1. The molecule has 0 aromatic rings. The second-order valence-corrected chi connectivity index (χ2v) is 6.53. The lowest BCUT2D eigenvalue weighted by Gasteiger charge is -2.13. The van der Waals surface area contributed by atoms with Gasteiger partial charge in [-0.25, -0.2) is 0 Å². The van der Waals surface area contributed by atoms with Gasteiger partial charge in [-0.2, -0.15) is 0 Å². The molecule has 1 atom stereocenters. The highest BCUT2D eigenvalue weighted by Crippen LogP contribution is 2.10. The van der Waals surface area contributed by atoms with Gasteiger partial charge in [0.1, 0.15) is 0 Å². The topological polar surface area (TPSA) is 12.0 Å². The molecule has 0 saturated heterocycles. The average molecular weight is 284 g/mol. The Bertz CT molecular complexity index is 167. The van der Waals surface area contributed by atoms with Gasteiger partial charge in [0.15, 0.2) is 0 Å². The van der Waals surface area contributed by atoms with E-state index in [4.69, 9.17) is 0 Å². The summed E-state index contributed by atoms with van der Waals surface area (Å²) >= 11 is 0. The first-order valence-corrected chi connectivity index (χ1v) is 9.54. The van der Waals surface area contributed by atoms with Crippen molar-refractivity contribution in [3.05, 3.63) is 0 Å². The summed E-state index contributed by atoms with van der Waals surface area (Å²) in [5.74, 6) is 0. The zero-order valence-electron chi connectivity index (χ0n) is 14.7. The van der Waals surface area contributed by atoms with Gasteiger partial charge >= 0.3 is 0 Å². The van der Waals surface area contributed by atoms with Crippen LogP contribution in [0.2, 0.25) is 0 Å². The van der Waals surface area contributed by atoms with Crippen molar-refractivity contribution >= 4 is 0 Å². The predicted octanol–water partition coefficient (Wildman–Crippen LogP) is 6.47. The van der Waals surface area contributed by atoms with Crippen molar-refractivity contribution < 1.29 is 0 Å². The molecule has 0 aliphatic carbocycles. The first-order valence-electron chi connectivity index (χ1n) is 9.54. The van der Waals surface area contributed by atoms with Gasteiger partial charge in [0.2, 0.25) is 0 Å². The zero-order valence-corrected chi connectivity index (χ0v) is 14.7. The van der Waals surface area contributed by atoms with Crippen LogP contribution in [0.3, 0.4) is 0 Å². The van der Waals surface area contributed by atoms with Crippen molar-refractivity contribution in [3.63, 3.8) is 0 Å². The highest BCUT2D eigenvalue weighted by atomic mass is 14.9. The lowest BCUT2D eigenvalue weighted by atomic mass is 10.1. The monoisotopic (exact) mass is 283 g/mol. The van der Waals surface area contributed by atoms with Gasteiger partial charge in [0, 0.05) is 6.04 Å². The first-order chi connectivity index (χ1) is 9.81. The van der Waals surface area contributed by atoms with E-state index in [1.807, 2.05) is 0 Å². The van der Waals surface area contributed by atoms with Crippen LogP contribution in [0.15, 0.2) is 0 Å². The third-order valence-electron chi connectivity index (χ3n) is 4.26. The third kappa shape index (κ3) is 16.0. The SMILES string of the molecule is CCCCCCCCCCCCNC(C)CCCCC. The summed E-state index contributed by atoms with van der Waals surface area (Å²) in [6.07, 6.45) is 19.8. The lowest BCUT2D eigenvalue weighted by Crippen LogP contribution is -2.26. The molecule has 0 bridgehead atoms. The van der Waals surface area contributed by atoms with Crippen LogP contribution < -0.4 is 5.32 Å². The van der Waals surface area contributed by atoms with E-state index in [9.17, 15) is 0 Å². The molecule has 0 radical (unpaired) electrons. The minimum atomic E-state index is 0.722. The van der Waals surface area contributed by atoms with E-state index in [1.165, 1.54) is 96.4 Å². The molecule has 0 fully saturated rings. The Morgan fingerprint density at radius 2 is 1.05 bits per heavy atom. The van der Waals surface area contributed by atoms with E-state index in [0.717, 1.165) is 6.04 Å². The van der Waals surface area contributed by atoms with Gasteiger partial charge in [-0.05, 0) is 26.3 Å². The minimum absolute atomic E-state index is 0.722. The van der Waals surface area contributed by atoms with Crippen molar-refractivity contribution in [2.45, 2.75) is 117 Å². The van der Waals surface area contributed by atoms with Crippen LogP contribution in [0.1, 0.15) is 111 Å². The van der Waals surface area contributed by atoms with Crippen LogP contribution in [0.25, 0.3) is 0 Å². The Labute approximate surface area is 129 Å². The summed E-state index contributed by atoms with van der Waals surface area (Å²) in [7, 11) is 0. The average Bonchev–Trinajstić information content (AvgIpc) is 2.45. The molecular weight excluding hydrogens is 242 g/mol. The Kier molecular flexibility index (Phi) is 17.0. The summed E-state index contributed by atoms with van der Waals surface area (Å²) in [4.78, 5) is 0. The van der Waals surface area contributed by atoms with Gasteiger partial charge in [-0.1, -0.05) is 90.9 Å². The maximum atomic E-state index is 3.67. The van der Waals surface area contributed by atoms with Crippen LogP contribution in [-0.4, -0.2) is 12.6 Å². The molecular formula is C19H41N. The van der Waals surface area contributed by atoms with Crippen LogP contribution in [-0.2, 0) is 0 Å². The highest BCUT2D eigenvalue weighted by molar-refractivity contribution is 4.60. The second-order valence-electron chi connectivity index (χ2n) is 6.53. The van der Waals surface area contributed by atoms with Gasteiger partial charge in [0.25, 0.3) is 0 Å². The molecule has 1 N–H and O–H groups in total. The molecule has 0 heterocycles. The van der Waals surface area contributed by atoms with Gasteiger partial charge in [0.05, 0.1) is 0 Å². The lowest BCUT2D eigenvalue weighted by molar-refractivity contribution is 0.470. The molecule has 0 spiro atoms. The van der Waals surface area contributed by atoms with Crippen molar-refractivity contribution in [2.24, 2.45) is 0 Å². The van der Waals surface area contributed by atoms with Crippen molar-refractivity contribution in [3.8, 4) is 0 Å². The smallest absolute Gasteiger partial charge is 0.00387 e. The minimum Gasteiger partial charge on any atom is -0.314 e. The number of hydrogen-bond acceptors (Lipinski definition) is 1. The van der Waals surface area contributed by atoms with Gasteiger partial charge in [-0.15, -0.1) is 0 Å². The van der Waals surface area contributed by atoms with Crippen LogP contribution in [0.5, 0.6) is 0 Å². The Morgan fingerprint density at radius 3 is 1.60 bits per heavy atom. The summed E-state index contributed by atoms with van der Waals surface area (Å²) in [6.45, 7) is 8.14. The van der Waals surface area contributed by atoms with Gasteiger partial charge in [-0.3, -0.25) is 0 Å². The molecule has 0 aliphatic heterocycles. The first kappa shape index (κ1) is 20.0. The van der Waals surface area contributed by atoms with E-state index < -0.39 is 0 Å². The Balaban J connectivity index is 3.05. The third-order valence-corrected chi connectivity index (χ3v) is 4.26. The van der Waals surface area contributed by atoms with Crippen molar-refractivity contribution in [1.82, 2.24) is 5.32 Å². The number of rotatable bonds is 16. The van der Waals surface area contributed by atoms with Crippen molar-refractivity contribution in [1.29, 1.82) is 0 Å².